The molecule has 1 atom stereocenters. The predicted octanol–water partition coefficient (Wildman–Crippen LogP) is 3.06. The van der Waals surface area contributed by atoms with Gasteiger partial charge in [0.15, 0.2) is 0 Å². The molecule has 4 nitrogen and oxygen atoms in total. The van der Waals surface area contributed by atoms with Crippen LogP contribution in [0.25, 0.3) is 0 Å². The highest BCUT2D eigenvalue weighted by atomic mass is 16.2. The molecule has 1 aromatic carbocycles. The minimum absolute atomic E-state index is 0.0664. The third-order valence-electron chi connectivity index (χ3n) is 5.14. The number of likely N-dealkylation sites (N-methyl/N-ethyl adjacent to an activating group) is 1. The molecule has 1 aromatic rings. The first kappa shape index (κ1) is 17.5. The van der Waals surface area contributed by atoms with Gasteiger partial charge in [0.1, 0.15) is 0 Å². The topological polar surface area (TPSA) is 56.1 Å². The number of nitrogens with one attached hydrogen (secondary N) is 1. The van der Waals surface area contributed by atoms with Crippen molar-refractivity contribution in [1.29, 1.82) is 5.26 Å². The zero-order valence-corrected chi connectivity index (χ0v) is 14.4. The summed E-state index contributed by atoms with van der Waals surface area (Å²) in [7, 11) is 3.97. The smallest absolute Gasteiger partial charge is 0.240 e. The van der Waals surface area contributed by atoms with E-state index >= 15 is 0 Å². The number of hydrogen-bond donors (Lipinski definition) is 1. The third kappa shape index (κ3) is 3.92. The lowest BCUT2D eigenvalue weighted by molar-refractivity contribution is -0.135. The maximum Gasteiger partial charge on any atom is 0.240 e. The summed E-state index contributed by atoms with van der Waals surface area (Å²) < 4.78 is 0. The van der Waals surface area contributed by atoms with Crippen molar-refractivity contribution in [2.75, 3.05) is 14.1 Å². The molecule has 1 saturated carbocycles. The van der Waals surface area contributed by atoms with Gasteiger partial charge in [-0.15, -0.1) is 0 Å². The number of amides is 1. The van der Waals surface area contributed by atoms with E-state index in [1.54, 1.807) is 0 Å². The fourth-order valence-corrected chi connectivity index (χ4v) is 3.58. The van der Waals surface area contributed by atoms with E-state index in [9.17, 15) is 4.79 Å². The lowest BCUT2D eigenvalue weighted by Crippen LogP contribution is -2.59. The van der Waals surface area contributed by atoms with Crippen LogP contribution in [0.2, 0.25) is 0 Å². The molecule has 0 aliphatic heterocycles. The van der Waals surface area contributed by atoms with Gasteiger partial charge in [-0.05, 0) is 58.2 Å². The van der Waals surface area contributed by atoms with Gasteiger partial charge in [-0.3, -0.25) is 9.69 Å². The van der Waals surface area contributed by atoms with E-state index in [1.165, 1.54) is 5.56 Å². The molecule has 0 saturated heterocycles. The second-order valence-corrected chi connectivity index (χ2v) is 6.85. The Morgan fingerprint density at radius 3 is 2.48 bits per heavy atom. The Kier molecular flexibility index (Phi) is 5.79. The first-order valence-electron chi connectivity index (χ1n) is 8.40. The highest BCUT2D eigenvalue weighted by molar-refractivity contribution is 5.86. The normalized spacial score (nSPS) is 25.6. The highest BCUT2D eigenvalue weighted by Crippen LogP contribution is 2.40. The molecule has 1 aliphatic carbocycles. The van der Waals surface area contributed by atoms with Crippen LogP contribution in [0.4, 0.5) is 0 Å². The van der Waals surface area contributed by atoms with Gasteiger partial charge in [-0.1, -0.05) is 30.3 Å². The van der Waals surface area contributed by atoms with Crippen LogP contribution in [0.1, 0.15) is 50.5 Å². The Bertz CT molecular complexity index is 554. The van der Waals surface area contributed by atoms with Gasteiger partial charge in [0.2, 0.25) is 5.91 Å². The Morgan fingerprint density at radius 2 is 1.96 bits per heavy atom. The molecular weight excluding hydrogens is 286 g/mol. The number of carbonyl (C=O) groups excluding carboxylic acids is 1. The van der Waals surface area contributed by atoms with Crippen LogP contribution in [0.3, 0.4) is 0 Å². The van der Waals surface area contributed by atoms with Gasteiger partial charge in [0.25, 0.3) is 0 Å². The van der Waals surface area contributed by atoms with Gasteiger partial charge < -0.3 is 5.32 Å². The molecule has 1 amide bonds. The zero-order chi connectivity index (χ0) is 16.9. The fraction of sp³-hybridized carbons (Fsp3) is 0.579. The van der Waals surface area contributed by atoms with Crippen molar-refractivity contribution in [3.8, 4) is 6.07 Å². The lowest BCUT2D eigenvalue weighted by Gasteiger charge is -2.44. The number of nitriles is 1. The van der Waals surface area contributed by atoms with Gasteiger partial charge in [-0.25, -0.2) is 0 Å². The van der Waals surface area contributed by atoms with Crippen molar-refractivity contribution in [2.45, 2.75) is 56.5 Å². The van der Waals surface area contributed by atoms with Crippen molar-refractivity contribution in [1.82, 2.24) is 10.2 Å². The van der Waals surface area contributed by atoms with Crippen LogP contribution in [0, 0.1) is 11.3 Å². The second kappa shape index (κ2) is 7.61. The molecule has 1 N–H and O–H groups in total. The van der Waals surface area contributed by atoms with Gasteiger partial charge in [0, 0.05) is 6.04 Å². The van der Waals surface area contributed by atoms with Crippen LogP contribution < -0.4 is 5.32 Å². The molecule has 0 radical (unpaired) electrons. The number of rotatable bonds is 5. The third-order valence-corrected chi connectivity index (χ3v) is 5.14. The summed E-state index contributed by atoms with van der Waals surface area (Å²) in [6, 6.07) is 12.6. The second-order valence-electron chi connectivity index (χ2n) is 6.85. The van der Waals surface area contributed by atoms with Crippen LogP contribution in [-0.4, -0.2) is 36.5 Å². The lowest BCUT2D eigenvalue weighted by atomic mass is 9.73. The predicted molar refractivity (Wildman–Crippen MR) is 91.9 cm³/mol. The average molecular weight is 313 g/mol. The molecule has 4 heteroatoms. The van der Waals surface area contributed by atoms with E-state index in [1.807, 2.05) is 27.1 Å². The van der Waals surface area contributed by atoms with E-state index in [0.29, 0.717) is 12.3 Å². The first-order chi connectivity index (χ1) is 11.0. The Balaban J connectivity index is 2.06. The van der Waals surface area contributed by atoms with Crippen molar-refractivity contribution in [2.24, 2.45) is 0 Å². The fourth-order valence-electron chi connectivity index (χ4n) is 3.58. The van der Waals surface area contributed by atoms with E-state index in [-0.39, 0.29) is 11.9 Å². The van der Waals surface area contributed by atoms with E-state index in [4.69, 9.17) is 5.26 Å². The molecule has 0 bridgehead atoms. The van der Waals surface area contributed by atoms with Crippen molar-refractivity contribution >= 4 is 5.91 Å². The van der Waals surface area contributed by atoms with Crippen LogP contribution >= 0.6 is 0 Å². The first-order valence-corrected chi connectivity index (χ1v) is 8.40. The molecule has 0 aromatic heterocycles. The van der Waals surface area contributed by atoms with Crippen molar-refractivity contribution in [3.05, 3.63) is 35.9 Å². The van der Waals surface area contributed by atoms with E-state index in [2.05, 4.69) is 40.6 Å². The number of benzene rings is 1. The summed E-state index contributed by atoms with van der Waals surface area (Å²) in [6.07, 6.45) is 4.09. The molecule has 0 spiro atoms. The van der Waals surface area contributed by atoms with E-state index in [0.717, 1.165) is 25.7 Å². The maximum atomic E-state index is 12.8. The van der Waals surface area contributed by atoms with Crippen LogP contribution in [-0.2, 0) is 4.79 Å². The minimum Gasteiger partial charge on any atom is -0.351 e. The monoisotopic (exact) mass is 313 g/mol. The van der Waals surface area contributed by atoms with Gasteiger partial charge in [-0.2, -0.15) is 5.26 Å². The quantitative estimate of drug-likeness (QED) is 0.909. The summed E-state index contributed by atoms with van der Waals surface area (Å²) in [5, 5.41) is 11.8. The Hall–Kier alpha value is -1.86. The Morgan fingerprint density at radius 1 is 1.35 bits per heavy atom. The molecular formula is C19H27N3O. The average Bonchev–Trinajstić information content (AvgIpc) is 2.55. The summed E-state index contributed by atoms with van der Waals surface area (Å²) in [5.74, 6) is 0.602. The molecule has 1 aliphatic rings. The summed E-state index contributed by atoms with van der Waals surface area (Å²) in [4.78, 5) is 14.9. The largest absolute Gasteiger partial charge is 0.351 e. The molecule has 0 heterocycles. The van der Waals surface area contributed by atoms with Crippen LogP contribution in [0.5, 0.6) is 0 Å². The number of hydrogen-bond acceptors (Lipinski definition) is 3. The standard InChI is InChI=1S/C19H27N3O/c1-15(11-14-20)21-18(23)19(22(2)3)12-9-17(10-13-19)16-7-5-4-6-8-16/h4-8,15,17H,9-13H2,1-3H3,(H,21,23)/t15-,17?,19?/m0/s1. The SMILES string of the molecule is C[C@@H](CC#N)NC(=O)C1(N(C)C)CCC(c2ccccc2)CC1. The molecule has 1 fully saturated rings. The summed E-state index contributed by atoms with van der Waals surface area (Å²) in [6.45, 7) is 1.89. The summed E-state index contributed by atoms with van der Waals surface area (Å²) >= 11 is 0. The number of nitrogens with zero attached hydrogens (tertiary/aromatic N) is 2. The summed E-state index contributed by atoms with van der Waals surface area (Å²) in [5.41, 5.74) is 0.924. The molecule has 23 heavy (non-hydrogen) atoms. The molecule has 0 unspecified atom stereocenters. The van der Waals surface area contributed by atoms with Crippen LogP contribution in [0.15, 0.2) is 30.3 Å². The van der Waals surface area contributed by atoms with Gasteiger partial charge in [0.05, 0.1) is 18.0 Å². The zero-order valence-electron chi connectivity index (χ0n) is 14.4. The van der Waals surface area contributed by atoms with E-state index < -0.39 is 5.54 Å². The highest BCUT2D eigenvalue weighted by Gasteiger charge is 2.44. The van der Waals surface area contributed by atoms with Gasteiger partial charge >= 0.3 is 0 Å². The molecule has 2 rings (SSSR count). The van der Waals surface area contributed by atoms with Crippen molar-refractivity contribution < 1.29 is 4.79 Å². The Labute approximate surface area is 139 Å². The maximum absolute atomic E-state index is 12.8. The molecule has 124 valence electrons. The van der Waals surface area contributed by atoms with Crippen molar-refractivity contribution in [3.63, 3.8) is 0 Å². The number of carbonyl (C=O) groups is 1. The minimum atomic E-state index is -0.449.